The van der Waals surface area contributed by atoms with Gasteiger partial charge in [-0.05, 0) is 13.8 Å². The quantitative estimate of drug-likeness (QED) is 0.699. The van der Waals surface area contributed by atoms with Gasteiger partial charge in [0.2, 0.25) is 0 Å². The number of nitrogens with zero attached hydrogens (tertiary/aromatic N) is 3. The number of nitriles is 1. The van der Waals surface area contributed by atoms with Crippen LogP contribution in [-0.4, -0.2) is 36.0 Å². The van der Waals surface area contributed by atoms with Crippen molar-refractivity contribution >= 4 is 0 Å². The molecule has 1 aliphatic rings. The van der Waals surface area contributed by atoms with E-state index in [1.54, 1.807) is 0 Å². The maximum absolute atomic E-state index is 8.67. The summed E-state index contributed by atoms with van der Waals surface area (Å²) in [6.45, 7) is 10.4. The summed E-state index contributed by atoms with van der Waals surface area (Å²) in [5.74, 6) is 0. The lowest BCUT2D eigenvalue weighted by atomic mass is 10.2. The van der Waals surface area contributed by atoms with E-state index in [0.717, 1.165) is 18.8 Å². The molecular weight excluding hydrogens is 186 g/mol. The Morgan fingerprint density at radius 2 is 2.00 bits per heavy atom. The molecular formula is C12H23N3. The van der Waals surface area contributed by atoms with Gasteiger partial charge in [0, 0.05) is 38.1 Å². The zero-order valence-electron chi connectivity index (χ0n) is 10.6. The van der Waals surface area contributed by atoms with E-state index in [9.17, 15) is 0 Å². The van der Waals surface area contributed by atoms with Crippen molar-refractivity contribution < 1.29 is 0 Å². The van der Waals surface area contributed by atoms with Crippen LogP contribution in [0.1, 0.15) is 34.1 Å². The lowest BCUT2D eigenvalue weighted by molar-refractivity contribution is 0.221. The smallest absolute Gasteiger partial charge is 0.0766 e. The number of likely N-dealkylation sites (N-methyl/N-ethyl adjacent to an activating group) is 1. The second-order valence-corrected chi connectivity index (χ2v) is 3.72. The molecule has 86 valence electrons. The highest BCUT2D eigenvalue weighted by Crippen LogP contribution is 2.17. The first-order valence-corrected chi connectivity index (χ1v) is 5.69. The topological polar surface area (TPSA) is 30.3 Å². The molecule has 0 radical (unpaired) electrons. The van der Waals surface area contributed by atoms with E-state index >= 15 is 0 Å². The van der Waals surface area contributed by atoms with E-state index < -0.39 is 0 Å². The van der Waals surface area contributed by atoms with Crippen molar-refractivity contribution in [3.8, 4) is 6.07 Å². The van der Waals surface area contributed by atoms with E-state index in [0.29, 0.717) is 12.5 Å². The van der Waals surface area contributed by atoms with Gasteiger partial charge >= 0.3 is 0 Å². The fourth-order valence-corrected chi connectivity index (χ4v) is 1.62. The molecule has 0 bridgehead atoms. The van der Waals surface area contributed by atoms with Gasteiger partial charge in [-0.2, -0.15) is 5.26 Å². The van der Waals surface area contributed by atoms with Gasteiger partial charge in [-0.3, -0.25) is 0 Å². The van der Waals surface area contributed by atoms with E-state index in [1.165, 1.54) is 0 Å². The summed E-state index contributed by atoms with van der Waals surface area (Å²) in [6.07, 6.45) is 2.59. The molecule has 0 aromatic carbocycles. The van der Waals surface area contributed by atoms with E-state index in [4.69, 9.17) is 5.26 Å². The zero-order valence-corrected chi connectivity index (χ0v) is 10.6. The summed E-state index contributed by atoms with van der Waals surface area (Å²) in [4.78, 5) is 4.44. The molecule has 0 unspecified atom stereocenters. The van der Waals surface area contributed by atoms with Crippen LogP contribution < -0.4 is 0 Å². The van der Waals surface area contributed by atoms with Crippen LogP contribution in [0.2, 0.25) is 0 Å². The van der Waals surface area contributed by atoms with Crippen molar-refractivity contribution in [2.45, 2.75) is 40.2 Å². The molecule has 3 heteroatoms. The molecule has 15 heavy (non-hydrogen) atoms. The first-order valence-electron chi connectivity index (χ1n) is 5.69. The van der Waals surface area contributed by atoms with E-state index in [1.807, 2.05) is 13.8 Å². The fourth-order valence-electron chi connectivity index (χ4n) is 1.62. The van der Waals surface area contributed by atoms with Crippen molar-refractivity contribution in [3.05, 3.63) is 11.9 Å². The number of allylic oxidation sites excluding steroid dienone is 1. The summed E-state index contributed by atoms with van der Waals surface area (Å²) < 4.78 is 0. The summed E-state index contributed by atoms with van der Waals surface area (Å²) in [6, 6.07) is 2.70. The predicted molar refractivity (Wildman–Crippen MR) is 64.1 cm³/mol. The Balaban J connectivity index is 0.000000921. The molecule has 0 N–H and O–H groups in total. The van der Waals surface area contributed by atoms with Crippen LogP contribution in [-0.2, 0) is 0 Å². The van der Waals surface area contributed by atoms with Gasteiger partial charge in [0.05, 0.1) is 12.5 Å². The molecule has 0 fully saturated rings. The molecule has 0 amide bonds. The highest BCUT2D eigenvalue weighted by atomic mass is 15.2. The standard InChI is InChI=1S/C10H17N3.C2H6/c1-9(2)13-7-6-12(3)8-10(13)4-5-11;1-2/h8-9H,4,6-7H2,1-3H3;1-2H3. The van der Waals surface area contributed by atoms with Gasteiger partial charge < -0.3 is 9.80 Å². The Morgan fingerprint density at radius 3 is 2.47 bits per heavy atom. The molecule has 1 heterocycles. The van der Waals surface area contributed by atoms with Crippen molar-refractivity contribution in [2.75, 3.05) is 20.1 Å². The maximum Gasteiger partial charge on any atom is 0.0766 e. The van der Waals surface area contributed by atoms with Crippen LogP contribution in [0.3, 0.4) is 0 Å². The van der Waals surface area contributed by atoms with Gasteiger partial charge in [0.1, 0.15) is 0 Å². The minimum atomic E-state index is 0.494. The number of hydrogen-bond donors (Lipinski definition) is 0. The van der Waals surface area contributed by atoms with Crippen LogP contribution in [0.4, 0.5) is 0 Å². The largest absolute Gasteiger partial charge is 0.377 e. The highest BCUT2D eigenvalue weighted by Gasteiger charge is 2.17. The third-order valence-corrected chi connectivity index (χ3v) is 2.32. The predicted octanol–water partition coefficient (Wildman–Crippen LogP) is 2.42. The second kappa shape index (κ2) is 7.17. The molecule has 0 aromatic heterocycles. The van der Waals surface area contributed by atoms with Crippen molar-refractivity contribution in [1.29, 1.82) is 5.26 Å². The first kappa shape index (κ1) is 13.8. The molecule has 0 atom stereocenters. The summed E-state index contributed by atoms with van der Waals surface area (Å²) in [5, 5.41) is 8.67. The Labute approximate surface area is 94.0 Å². The van der Waals surface area contributed by atoms with Crippen LogP contribution in [0.25, 0.3) is 0 Å². The minimum absolute atomic E-state index is 0.494. The van der Waals surface area contributed by atoms with Crippen molar-refractivity contribution in [3.63, 3.8) is 0 Å². The molecule has 0 spiro atoms. The molecule has 3 nitrogen and oxygen atoms in total. The second-order valence-electron chi connectivity index (χ2n) is 3.72. The van der Waals surface area contributed by atoms with Gasteiger partial charge in [0.25, 0.3) is 0 Å². The van der Waals surface area contributed by atoms with Crippen LogP contribution in [0.15, 0.2) is 11.9 Å². The van der Waals surface area contributed by atoms with Crippen LogP contribution in [0.5, 0.6) is 0 Å². The normalized spacial score (nSPS) is 15.4. The van der Waals surface area contributed by atoms with E-state index in [2.05, 4.69) is 43.0 Å². The molecule has 0 saturated carbocycles. The van der Waals surface area contributed by atoms with Gasteiger partial charge in [0.15, 0.2) is 0 Å². The Bertz CT molecular complexity index is 238. The van der Waals surface area contributed by atoms with E-state index in [-0.39, 0.29) is 0 Å². The first-order chi connectivity index (χ1) is 7.15. The minimum Gasteiger partial charge on any atom is -0.377 e. The molecule has 0 aliphatic carbocycles. The zero-order chi connectivity index (χ0) is 11.8. The SMILES string of the molecule is CC.CC(C)N1CCN(C)C=C1CC#N. The van der Waals surface area contributed by atoms with Crippen LogP contribution >= 0.6 is 0 Å². The van der Waals surface area contributed by atoms with Gasteiger partial charge in [-0.15, -0.1) is 0 Å². The molecule has 0 aromatic rings. The third-order valence-electron chi connectivity index (χ3n) is 2.32. The summed E-state index contributed by atoms with van der Waals surface area (Å²) in [5.41, 5.74) is 1.14. The highest BCUT2D eigenvalue weighted by molar-refractivity contribution is 5.10. The Hall–Kier alpha value is -1.17. The number of hydrogen-bond acceptors (Lipinski definition) is 3. The molecule has 1 aliphatic heterocycles. The molecule has 1 rings (SSSR count). The number of rotatable bonds is 2. The monoisotopic (exact) mass is 209 g/mol. The maximum atomic E-state index is 8.67. The van der Waals surface area contributed by atoms with Gasteiger partial charge in [-0.25, -0.2) is 0 Å². The van der Waals surface area contributed by atoms with Crippen molar-refractivity contribution in [1.82, 2.24) is 9.80 Å². The summed E-state index contributed by atoms with van der Waals surface area (Å²) >= 11 is 0. The van der Waals surface area contributed by atoms with Crippen LogP contribution in [0, 0.1) is 11.3 Å². The lowest BCUT2D eigenvalue weighted by Crippen LogP contribution is -2.40. The molecule has 0 saturated heterocycles. The third kappa shape index (κ3) is 4.24. The van der Waals surface area contributed by atoms with Gasteiger partial charge in [-0.1, -0.05) is 13.8 Å². The Kier molecular flexibility index (Phi) is 6.61. The summed E-state index contributed by atoms with van der Waals surface area (Å²) in [7, 11) is 2.05. The fraction of sp³-hybridized carbons (Fsp3) is 0.750. The average molecular weight is 209 g/mol. The van der Waals surface area contributed by atoms with Crippen molar-refractivity contribution in [2.24, 2.45) is 0 Å². The lowest BCUT2D eigenvalue weighted by Gasteiger charge is -2.36. The average Bonchev–Trinajstić information content (AvgIpc) is 2.21. The Morgan fingerprint density at radius 1 is 1.40 bits per heavy atom.